The van der Waals surface area contributed by atoms with Crippen LogP contribution in [-0.4, -0.2) is 16.5 Å². The standard InChI is InChI=1S/C14H14F3N3O/c1-2-8-18-11-9-12(20-13(19-11)14(15,16)17)21-10-6-4-3-5-7-10/h3-7,9H,2,8H2,1H3,(H,18,19,20). The number of nitrogens with zero attached hydrogens (tertiary/aromatic N) is 2. The number of aromatic nitrogens is 2. The van der Waals surface area contributed by atoms with Gasteiger partial charge in [-0.25, -0.2) is 4.98 Å². The Balaban J connectivity index is 2.30. The first-order chi connectivity index (χ1) is 9.99. The third kappa shape index (κ3) is 4.34. The molecule has 2 rings (SSSR count). The fraction of sp³-hybridized carbons (Fsp3) is 0.286. The van der Waals surface area contributed by atoms with E-state index in [9.17, 15) is 13.2 Å². The smallest absolute Gasteiger partial charge is 0.439 e. The minimum absolute atomic E-state index is 0.0881. The summed E-state index contributed by atoms with van der Waals surface area (Å²) in [5.41, 5.74) is 0. The van der Waals surface area contributed by atoms with Crippen LogP contribution in [0.4, 0.5) is 19.0 Å². The predicted molar refractivity (Wildman–Crippen MR) is 72.3 cm³/mol. The lowest BCUT2D eigenvalue weighted by atomic mass is 10.3. The maximum Gasteiger partial charge on any atom is 0.451 e. The number of hydrogen-bond acceptors (Lipinski definition) is 4. The Morgan fingerprint density at radius 2 is 1.86 bits per heavy atom. The highest BCUT2D eigenvalue weighted by atomic mass is 19.4. The van der Waals surface area contributed by atoms with Gasteiger partial charge >= 0.3 is 6.18 Å². The van der Waals surface area contributed by atoms with Gasteiger partial charge in [0.05, 0.1) is 0 Å². The van der Waals surface area contributed by atoms with Gasteiger partial charge in [-0.15, -0.1) is 0 Å². The molecule has 0 radical (unpaired) electrons. The Labute approximate surface area is 120 Å². The fourth-order valence-corrected chi connectivity index (χ4v) is 1.56. The lowest BCUT2D eigenvalue weighted by Crippen LogP contribution is -2.14. The second kappa shape index (κ2) is 6.43. The van der Waals surface area contributed by atoms with Gasteiger partial charge in [0.2, 0.25) is 11.7 Å². The van der Waals surface area contributed by atoms with Crippen molar-refractivity contribution in [2.45, 2.75) is 19.5 Å². The van der Waals surface area contributed by atoms with E-state index in [0.29, 0.717) is 12.3 Å². The predicted octanol–water partition coefficient (Wildman–Crippen LogP) is 4.11. The number of nitrogens with one attached hydrogen (secondary N) is 1. The van der Waals surface area contributed by atoms with E-state index < -0.39 is 12.0 Å². The Morgan fingerprint density at radius 1 is 1.14 bits per heavy atom. The van der Waals surface area contributed by atoms with Gasteiger partial charge in [-0.3, -0.25) is 0 Å². The van der Waals surface area contributed by atoms with E-state index in [0.717, 1.165) is 6.42 Å². The van der Waals surface area contributed by atoms with Gasteiger partial charge < -0.3 is 10.1 Å². The van der Waals surface area contributed by atoms with E-state index in [1.165, 1.54) is 6.07 Å². The number of benzene rings is 1. The highest BCUT2D eigenvalue weighted by molar-refractivity contribution is 5.40. The normalized spacial score (nSPS) is 11.2. The molecule has 0 spiro atoms. The van der Waals surface area contributed by atoms with E-state index in [2.05, 4.69) is 15.3 Å². The largest absolute Gasteiger partial charge is 0.451 e. The molecule has 112 valence electrons. The monoisotopic (exact) mass is 297 g/mol. The SMILES string of the molecule is CCCNc1cc(Oc2ccccc2)nc(C(F)(F)F)n1. The summed E-state index contributed by atoms with van der Waals surface area (Å²) < 4.78 is 43.7. The van der Waals surface area contributed by atoms with Crippen molar-refractivity contribution >= 4 is 5.82 Å². The molecular formula is C14H14F3N3O. The number of halogens is 3. The molecule has 0 aliphatic heterocycles. The Hall–Kier alpha value is -2.31. The molecule has 0 amide bonds. The van der Waals surface area contributed by atoms with Crippen LogP contribution in [0.25, 0.3) is 0 Å². The van der Waals surface area contributed by atoms with E-state index in [4.69, 9.17) is 4.74 Å². The lowest BCUT2D eigenvalue weighted by molar-refractivity contribution is -0.145. The van der Waals surface area contributed by atoms with Gasteiger partial charge in [0, 0.05) is 12.6 Å². The third-order valence-corrected chi connectivity index (χ3v) is 2.48. The van der Waals surface area contributed by atoms with Crippen molar-refractivity contribution in [3.8, 4) is 11.6 Å². The lowest BCUT2D eigenvalue weighted by Gasteiger charge is -2.11. The molecule has 1 aromatic carbocycles. The number of anilines is 1. The maximum atomic E-state index is 12.8. The van der Waals surface area contributed by atoms with Crippen LogP contribution in [0.3, 0.4) is 0 Å². The highest BCUT2D eigenvalue weighted by Gasteiger charge is 2.35. The number of para-hydroxylation sites is 1. The molecule has 0 aliphatic rings. The molecular weight excluding hydrogens is 283 g/mol. The van der Waals surface area contributed by atoms with Crippen molar-refractivity contribution in [1.29, 1.82) is 0 Å². The summed E-state index contributed by atoms with van der Waals surface area (Å²) in [4.78, 5) is 6.87. The first kappa shape index (κ1) is 15.1. The number of alkyl halides is 3. The van der Waals surface area contributed by atoms with Gasteiger partial charge in [0.15, 0.2) is 0 Å². The molecule has 0 saturated heterocycles. The van der Waals surface area contributed by atoms with Crippen LogP contribution in [0, 0.1) is 0 Å². The topological polar surface area (TPSA) is 47.0 Å². The molecule has 0 fully saturated rings. The van der Waals surface area contributed by atoms with E-state index in [1.807, 2.05) is 6.92 Å². The van der Waals surface area contributed by atoms with Gasteiger partial charge in [-0.2, -0.15) is 18.2 Å². The van der Waals surface area contributed by atoms with Crippen LogP contribution in [0.15, 0.2) is 36.4 Å². The second-order valence-corrected chi connectivity index (χ2v) is 4.25. The molecule has 4 nitrogen and oxygen atoms in total. The van der Waals surface area contributed by atoms with Crippen molar-refractivity contribution < 1.29 is 17.9 Å². The summed E-state index contributed by atoms with van der Waals surface area (Å²) in [6.07, 6.45) is -3.86. The summed E-state index contributed by atoms with van der Waals surface area (Å²) in [5, 5.41) is 2.80. The van der Waals surface area contributed by atoms with Crippen LogP contribution in [0.2, 0.25) is 0 Å². The summed E-state index contributed by atoms with van der Waals surface area (Å²) in [7, 11) is 0. The van der Waals surface area contributed by atoms with Crippen molar-refractivity contribution in [3.63, 3.8) is 0 Å². The number of hydrogen-bond donors (Lipinski definition) is 1. The minimum Gasteiger partial charge on any atom is -0.439 e. The molecule has 1 N–H and O–H groups in total. The number of rotatable bonds is 5. The molecule has 1 aromatic heterocycles. The van der Waals surface area contributed by atoms with Crippen LogP contribution in [0.1, 0.15) is 19.2 Å². The molecule has 2 aromatic rings. The maximum absolute atomic E-state index is 12.8. The summed E-state index contributed by atoms with van der Waals surface area (Å²) in [5.74, 6) is -0.882. The van der Waals surface area contributed by atoms with Crippen molar-refractivity contribution in [3.05, 3.63) is 42.2 Å². The van der Waals surface area contributed by atoms with E-state index >= 15 is 0 Å². The second-order valence-electron chi connectivity index (χ2n) is 4.25. The van der Waals surface area contributed by atoms with Crippen LogP contribution in [-0.2, 0) is 6.18 Å². The summed E-state index contributed by atoms with van der Waals surface area (Å²) >= 11 is 0. The van der Waals surface area contributed by atoms with Crippen molar-refractivity contribution in [1.82, 2.24) is 9.97 Å². The molecule has 1 heterocycles. The quantitative estimate of drug-likeness (QED) is 0.902. The average Bonchev–Trinajstić information content (AvgIpc) is 2.45. The van der Waals surface area contributed by atoms with Gasteiger partial charge in [-0.1, -0.05) is 25.1 Å². The zero-order chi connectivity index (χ0) is 15.3. The molecule has 7 heteroatoms. The molecule has 0 bridgehead atoms. The van der Waals surface area contributed by atoms with Gasteiger partial charge in [0.25, 0.3) is 0 Å². The Morgan fingerprint density at radius 3 is 2.48 bits per heavy atom. The molecule has 0 atom stereocenters. The average molecular weight is 297 g/mol. The number of ether oxygens (including phenoxy) is 1. The highest BCUT2D eigenvalue weighted by Crippen LogP contribution is 2.30. The Bertz CT molecular complexity index is 588. The first-order valence-electron chi connectivity index (χ1n) is 6.42. The Kier molecular flexibility index (Phi) is 4.62. The summed E-state index contributed by atoms with van der Waals surface area (Å²) in [6, 6.07) is 9.83. The van der Waals surface area contributed by atoms with Gasteiger partial charge in [0.1, 0.15) is 11.6 Å². The zero-order valence-corrected chi connectivity index (χ0v) is 11.3. The molecule has 0 unspecified atom stereocenters. The van der Waals surface area contributed by atoms with Crippen LogP contribution < -0.4 is 10.1 Å². The fourth-order valence-electron chi connectivity index (χ4n) is 1.56. The molecule has 0 saturated carbocycles. The molecule has 21 heavy (non-hydrogen) atoms. The first-order valence-corrected chi connectivity index (χ1v) is 6.42. The summed E-state index contributed by atoms with van der Waals surface area (Å²) in [6.45, 7) is 2.42. The minimum atomic E-state index is -4.63. The zero-order valence-electron chi connectivity index (χ0n) is 11.3. The van der Waals surface area contributed by atoms with E-state index in [1.54, 1.807) is 30.3 Å². The van der Waals surface area contributed by atoms with Crippen molar-refractivity contribution in [2.24, 2.45) is 0 Å². The van der Waals surface area contributed by atoms with Crippen LogP contribution >= 0.6 is 0 Å². The van der Waals surface area contributed by atoms with Crippen LogP contribution in [0.5, 0.6) is 11.6 Å². The molecule has 0 aliphatic carbocycles. The van der Waals surface area contributed by atoms with Gasteiger partial charge in [-0.05, 0) is 18.6 Å². The van der Waals surface area contributed by atoms with Crippen molar-refractivity contribution in [2.75, 3.05) is 11.9 Å². The van der Waals surface area contributed by atoms with E-state index in [-0.39, 0.29) is 11.7 Å². The third-order valence-electron chi connectivity index (χ3n) is 2.48.